The van der Waals surface area contributed by atoms with E-state index in [1.165, 1.54) is 0 Å². The number of halogens is 2. The van der Waals surface area contributed by atoms with Gasteiger partial charge in [0.25, 0.3) is 0 Å². The normalized spacial score (nSPS) is 11.9. The number of likely N-dealkylation sites (N-methyl/N-ethyl adjacent to an activating group) is 2. The molecule has 0 aliphatic heterocycles. The molecule has 0 aliphatic carbocycles. The molecule has 0 bridgehead atoms. The van der Waals surface area contributed by atoms with Gasteiger partial charge < -0.3 is 66.6 Å². The first-order valence-electron chi connectivity index (χ1n) is 8.17. The fraction of sp³-hybridized carbons (Fsp3) is 0.556. The molecule has 1 aromatic carbocycles. The fourth-order valence-electron chi connectivity index (χ4n) is 1.60. The predicted octanol–water partition coefficient (Wildman–Crippen LogP) is -4.19. The maximum absolute atomic E-state index is 5.27. The summed E-state index contributed by atoms with van der Waals surface area (Å²) in [6.45, 7) is 3.05. The summed E-state index contributed by atoms with van der Waals surface area (Å²) in [5, 5.41) is 7.98. The Morgan fingerprint density at radius 1 is 0.692 bits per heavy atom. The molecule has 0 spiro atoms. The number of hydrogen-bond donors (Lipinski definition) is 0. The number of oxime groups is 2. The Bertz CT molecular complexity index is 487. The standard InChI is InChI=1S/C18H32N4O2.2HI/c1-21(2,3)11-13-23-19-15-17-7-9-18(10-8-17)16-20-24-14-12-22(4,5)6;;/h7-10,15-16H,11-14H2,1-6H3;2*1H/q+2;;/p-2/b19-15+,20-16+;;. The van der Waals surface area contributed by atoms with E-state index in [9.17, 15) is 0 Å². The van der Waals surface area contributed by atoms with Crippen LogP contribution >= 0.6 is 0 Å². The van der Waals surface area contributed by atoms with Crippen LogP contribution in [0.2, 0.25) is 0 Å². The average molecular weight is 590 g/mol. The third-order valence-electron chi connectivity index (χ3n) is 3.20. The van der Waals surface area contributed by atoms with E-state index < -0.39 is 0 Å². The van der Waals surface area contributed by atoms with Gasteiger partial charge in [0.15, 0.2) is 13.2 Å². The van der Waals surface area contributed by atoms with E-state index in [-0.39, 0.29) is 48.0 Å². The van der Waals surface area contributed by atoms with E-state index in [1.807, 2.05) is 24.3 Å². The van der Waals surface area contributed by atoms with Gasteiger partial charge in [0.1, 0.15) is 13.1 Å². The molecule has 0 aromatic heterocycles. The third-order valence-corrected chi connectivity index (χ3v) is 3.20. The lowest BCUT2D eigenvalue weighted by Crippen LogP contribution is -3.00. The average Bonchev–Trinajstić information content (AvgIpc) is 2.45. The van der Waals surface area contributed by atoms with Crippen LogP contribution in [-0.2, 0) is 9.68 Å². The van der Waals surface area contributed by atoms with Crippen LogP contribution in [0.4, 0.5) is 0 Å². The molecule has 0 radical (unpaired) electrons. The summed E-state index contributed by atoms with van der Waals surface area (Å²) in [6, 6.07) is 7.89. The van der Waals surface area contributed by atoms with Gasteiger partial charge in [-0.15, -0.1) is 0 Å². The van der Waals surface area contributed by atoms with Crippen molar-refractivity contribution in [2.24, 2.45) is 10.3 Å². The first-order chi connectivity index (χ1) is 11.2. The zero-order chi connectivity index (χ0) is 18.1. The Kier molecular flexibility index (Phi) is 14.6. The molecule has 0 aliphatic rings. The number of benzene rings is 1. The summed E-state index contributed by atoms with van der Waals surface area (Å²) in [7, 11) is 12.7. The molecule has 0 fully saturated rings. The van der Waals surface area contributed by atoms with Crippen LogP contribution in [0, 0.1) is 0 Å². The van der Waals surface area contributed by atoms with Crippen molar-refractivity contribution in [1.82, 2.24) is 0 Å². The molecule has 0 heterocycles. The second kappa shape index (κ2) is 13.7. The summed E-state index contributed by atoms with van der Waals surface area (Å²) >= 11 is 0. The lowest BCUT2D eigenvalue weighted by atomic mass is 10.2. The summed E-state index contributed by atoms with van der Waals surface area (Å²) < 4.78 is 1.72. The molecular formula is C18H32I2N4O2. The van der Waals surface area contributed by atoms with E-state index >= 15 is 0 Å². The number of hydrogen-bond acceptors (Lipinski definition) is 4. The predicted molar refractivity (Wildman–Crippen MR) is 99.3 cm³/mol. The number of nitrogens with zero attached hydrogens (tertiary/aromatic N) is 4. The van der Waals surface area contributed by atoms with Crippen molar-refractivity contribution in [2.45, 2.75) is 0 Å². The van der Waals surface area contributed by atoms with Gasteiger partial charge in [-0.2, -0.15) is 0 Å². The first-order valence-corrected chi connectivity index (χ1v) is 8.17. The van der Waals surface area contributed by atoms with E-state index in [2.05, 4.69) is 52.6 Å². The molecular weight excluding hydrogens is 558 g/mol. The molecule has 1 aromatic rings. The van der Waals surface area contributed by atoms with Gasteiger partial charge in [-0.25, -0.2) is 0 Å². The van der Waals surface area contributed by atoms with Gasteiger partial charge in [0, 0.05) is 0 Å². The molecule has 0 saturated carbocycles. The Hall–Kier alpha value is -0.460. The minimum atomic E-state index is 0. The van der Waals surface area contributed by atoms with Crippen molar-refractivity contribution in [1.29, 1.82) is 0 Å². The highest BCUT2D eigenvalue weighted by atomic mass is 127. The van der Waals surface area contributed by atoms with Crippen LogP contribution in [0.5, 0.6) is 0 Å². The van der Waals surface area contributed by atoms with Gasteiger partial charge in [-0.3, -0.25) is 0 Å². The molecule has 1 rings (SSSR count). The molecule has 6 nitrogen and oxygen atoms in total. The summed E-state index contributed by atoms with van der Waals surface area (Å²) in [4.78, 5) is 10.5. The van der Waals surface area contributed by atoms with E-state index in [0.717, 1.165) is 33.2 Å². The van der Waals surface area contributed by atoms with Crippen molar-refractivity contribution in [2.75, 3.05) is 68.6 Å². The molecule has 26 heavy (non-hydrogen) atoms. The summed E-state index contributed by atoms with van der Waals surface area (Å²) in [5.74, 6) is 0. The van der Waals surface area contributed by atoms with Crippen LogP contribution in [0.3, 0.4) is 0 Å². The molecule has 0 N–H and O–H groups in total. The quantitative estimate of drug-likeness (QED) is 0.0914. The van der Waals surface area contributed by atoms with E-state index in [1.54, 1.807) is 12.4 Å². The second-order valence-corrected chi connectivity index (χ2v) is 7.83. The van der Waals surface area contributed by atoms with Gasteiger partial charge in [0.2, 0.25) is 0 Å². The highest BCUT2D eigenvalue weighted by Crippen LogP contribution is 2.01. The lowest BCUT2D eigenvalue weighted by Gasteiger charge is -2.22. The van der Waals surface area contributed by atoms with E-state index in [4.69, 9.17) is 9.68 Å². The maximum Gasteiger partial charge on any atom is 0.165 e. The zero-order valence-corrected chi connectivity index (χ0v) is 21.0. The maximum atomic E-state index is 5.27. The number of quaternary nitrogens is 2. The Morgan fingerprint density at radius 2 is 1.00 bits per heavy atom. The van der Waals surface area contributed by atoms with Crippen LogP contribution in [0.25, 0.3) is 0 Å². The van der Waals surface area contributed by atoms with Crippen LogP contribution in [0.1, 0.15) is 11.1 Å². The topological polar surface area (TPSA) is 43.2 Å². The molecule has 150 valence electrons. The van der Waals surface area contributed by atoms with Crippen LogP contribution in [-0.4, -0.2) is 90.0 Å². The van der Waals surface area contributed by atoms with Crippen molar-refractivity contribution >= 4 is 12.4 Å². The molecule has 0 atom stereocenters. The summed E-state index contributed by atoms with van der Waals surface area (Å²) in [5.41, 5.74) is 1.98. The van der Waals surface area contributed by atoms with Gasteiger partial charge in [-0.05, 0) is 11.1 Å². The minimum absolute atomic E-state index is 0. The number of rotatable bonds is 10. The van der Waals surface area contributed by atoms with Crippen LogP contribution in [0.15, 0.2) is 34.6 Å². The van der Waals surface area contributed by atoms with Crippen molar-refractivity contribution in [3.8, 4) is 0 Å². The Balaban J connectivity index is 0. The van der Waals surface area contributed by atoms with Gasteiger partial charge >= 0.3 is 0 Å². The monoisotopic (exact) mass is 590 g/mol. The van der Waals surface area contributed by atoms with Gasteiger partial charge in [0.05, 0.1) is 54.7 Å². The highest BCUT2D eigenvalue weighted by Gasteiger charge is 2.06. The minimum Gasteiger partial charge on any atom is -1.00 e. The molecule has 0 amide bonds. The SMILES string of the molecule is C[N+](C)(C)CCO/N=C/c1ccc(/C=N/OCC[N+](C)(C)C)cc1.[I-].[I-]. The second-order valence-electron chi connectivity index (χ2n) is 7.83. The molecule has 0 unspecified atom stereocenters. The Labute approximate surface area is 192 Å². The first kappa shape index (κ1) is 27.8. The molecule has 0 saturated heterocycles. The van der Waals surface area contributed by atoms with Crippen molar-refractivity contribution in [3.63, 3.8) is 0 Å². The summed E-state index contributed by atoms with van der Waals surface area (Å²) in [6.07, 6.45) is 3.43. The smallest absolute Gasteiger partial charge is 0.165 e. The Morgan fingerprint density at radius 3 is 1.27 bits per heavy atom. The third kappa shape index (κ3) is 15.8. The zero-order valence-electron chi connectivity index (χ0n) is 16.7. The largest absolute Gasteiger partial charge is 1.00 e. The van der Waals surface area contributed by atoms with E-state index in [0.29, 0.717) is 13.2 Å². The van der Waals surface area contributed by atoms with Gasteiger partial charge in [-0.1, -0.05) is 34.6 Å². The fourth-order valence-corrected chi connectivity index (χ4v) is 1.60. The van der Waals surface area contributed by atoms with Crippen LogP contribution < -0.4 is 48.0 Å². The van der Waals surface area contributed by atoms with Crippen molar-refractivity contribution in [3.05, 3.63) is 35.4 Å². The lowest BCUT2D eigenvalue weighted by molar-refractivity contribution is -0.870. The molecule has 8 heteroatoms. The highest BCUT2D eigenvalue weighted by molar-refractivity contribution is 5.83. The van der Waals surface area contributed by atoms with Crippen molar-refractivity contribution < 1.29 is 66.6 Å².